The zero-order valence-electron chi connectivity index (χ0n) is 12.4. The highest BCUT2D eigenvalue weighted by molar-refractivity contribution is 7.09. The van der Waals surface area contributed by atoms with Gasteiger partial charge in [0.15, 0.2) is 0 Å². The maximum Gasteiger partial charge on any atom is 0.123 e. The van der Waals surface area contributed by atoms with Crippen LogP contribution in [0, 0.1) is 12.7 Å². The number of thiazole rings is 1. The van der Waals surface area contributed by atoms with Crippen molar-refractivity contribution in [1.29, 1.82) is 0 Å². The van der Waals surface area contributed by atoms with Crippen LogP contribution in [0.15, 0.2) is 29.6 Å². The monoisotopic (exact) mass is 292 g/mol. The van der Waals surface area contributed by atoms with E-state index in [1.165, 1.54) is 12.1 Å². The van der Waals surface area contributed by atoms with Crippen molar-refractivity contribution < 1.29 is 4.39 Å². The molecule has 20 heavy (non-hydrogen) atoms. The summed E-state index contributed by atoms with van der Waals surface area (Å²) in [5, 5.41) is 6.60. The molecule has 0 bridgehead atoms. The third-order valence-corrected chi connectivity index (χ3v) is 4.84. The predicted octanol–water partition coefficient (Wildman–Crippen LogP) is 3.70. The predicted molar refractivity (Wildman–Crippen MR) is 82.8 cm³/mol. The minimum absolute atomic E-state index is 0.0952. The summed E-state index contributed by atoms with van der Waals surface area (Å²) in [6.45, 7) is 6.38. The number of nitrogens with zero attached hydrogens (tertiary/aromatic N) is 1. The second-order valence-corrected chi connectivity index (χ2v) is 6.60. The molecule has 0 radical (unpaired) electrons. The number of hydrogen-bond donors (Lipinski definition) is 1. The fourth-order valence-electron chi connectivity index (χ4n) is 2.47. The molecule has 108 valence electrons. The summed E-state index contributed by atoms with van der Waals surface area (Å²) in [5.74, 6) is -0.193. The van der Waals surface area contributed by atoms with E-state index in [4.69, 9.17) is 0 Å². The lowest BCUT2D eigenvalue weighted by Gasteiger charge is -2.34. The van der Waals surface area contributed by atoms with Gasteiger partial charge in [0.1, 0.15) is 5.82 Å². The Balaban J connectivity index is 2.22. The van der Waals surface area contributed by atoms with Gasteiger partial charge < -0.3 is 5.32 Å². The summed E-state index contributed by atoms with van der Waals surface area (Å²) in [4.78, 5) is 4.54. The first kappa shape index (κ1) is 15.1. The lowest BCUT2D eigenvalue weighted by atomic mass is 9.76. The van der Waals surface area contributed by atoms with E-state index < -0.39 is 0 Å². The molecule has 0 spiro atoms. The molecule has 1 atom stereocenters. The van der Waals surface area contributed by atoms with Crippen molar-refractivity contribution in [3.63, 3.8) is 0 Å². The zero-order valence-corrected chi connectivity index (χ0v) is 13.2. The molecule has 0 aliphatic rings. The van der Waals surface area contributed by atoms with E-state index in [1.54, 1.807) is 11.3 Å². The van der Waals surface area contributed by atoms with Gasteiger partial charge in [-0.15, -0.1) is 11.3 Å². The van der Waals surface area contributed by atoms with Crippen LogP contribution in [0.4, 0.5) is 4.39 Å². The molecule has 0 aliphatic carbocycles. The van der Waals surface area contributed by atoms with Crippen molar-refractivity contribution in [2.75, 3.05) is 7.05 Å². The first-order chi connectivity index (χ1) is 9.43. The van der Waals surface area contributed by atoms with E-state index >= 15 is 0 Å². The second kappa shape index (κ2) is 6.02. The van der Waals surface area contributed by atoms with Crippen molar-refractivity contribution >= 4 is 11.3 Å². The Bertz CT molecular complexity index is 560. The summed E-state index contributed by atoms with van der Waals surface area (Å²) in [5.41, 5.74) is 2.10. The molecule has 1 unspecified atom stereocenters. The van der Waals surface area contributed by atoms with E-state index in [-0.39, 0.29) is 17.3 Å². The molecular weight excluding hydrogens is 271 g/mol. The Hall–Kier alpha value is -1.26. The van der Waals surface area contributed by atoms with Gasteiger partial charge in [-0.1, -0.05) is 26.0 Å². The average Bonchev–Trinajstić information content (AvgIpc) is 2.82. The topological polar surface area (TPSA) is 24.9 Å². The summed E-state index contributed by atoms with van der Waals surface area (Å²) in [6.07, 6.45) is 0.874. The Kier molecular flexibility index (Phi) is 4.55. The van der Waals surface area contributed by atoms with Crippen molar-refractivity contribution in [2.24, 2.45) is 0 Å². The van der Waals surface area contributed by atoms with Gasteiger partial charge in [-0.2, -0.15) is 0 Å². The summed E-state index contributed by atoms with van der Waals surface area (Å²) < 4.78 is 13.1. The molecule has 1 heterocycles. The highest BCUT2D eigenvalue weighted by Gasteiger charge is 2.31. The van der Waals surface area contributed by atoms with Gasteiger partial charge in [0, 0.05) is 29.0 Å². The van der Waals surface area contributed by atoms with E-state index in [0.717, 1.165) is 22.7 Å². The summed E-state index contributed by atoms with van der Waals surface area (Å²) in [6, 6.07) is 7.03. The van der Waals surface area contributed by atoms with E-state index in [0.29, 0.717) is 0 Å². The number of aryl methyl sites for hydroxylation is 1. The summed E-state index contributed by atoms with van der Waals surface area (Å²) in [7, 11) is 1.97. The number of halogens is 1. The molecule has 2 rings (SSSR count). The third kappa shape index (κ3) is 3.25. The molecule has 0 saturated heterocycles. The maximum absolute atomic E-state index is 13.1. The molecular formula is C16H21FN2S. The number of benzene rings is 1. The quantitative estimate of drug-likeness (QED) is 0.909. The van der Waals surface area contributed by atoms with Gasteiger partial charge in [-0.25, -0.2) is 9.37 Å². The van der Waals surface area contributed by atoms with Gasteiger partial charge >= 0.3 is 0 Å². The lowest BCUT2D eigenvalue weighted by molar-refractivity contribution is 0.356. The van der Waals surface area contributed by atoms with E-state index in [1.807, 2.05) is 26.1 Å². The molecule has 4 heteroatoms. The lowest BCUT2D eigenvalue weighted by Crippen LogP contribution is -2.44. The van der Waals surface area contributed by atoms with Crippen LogP contribution in [0.1, 0.15) is 30.1 Å². The van der Waals surface area contributed by atoms with Crippen LogP contribution in [-0.2, 0) is 11.8 Å². The van der Waals surface area contributed by atoms with Crippen molar-refractivity contribution in [3.05, 3.63) is 51.7 Å². The molecule has 0 amide bonds. The molecule has 1 aromatic heterocycles. The average molecular weight is 292 g/mol. The summed E-state index contributed by atoms with van der Waals surface area (Å²) >= 11 is 1.70. The van der Waals surface area contributed by atoms with Crippen molar-refractivity contribution in [1.82, 2.24) is 10.3 Å². The van der Waals surface area contributed by atoms with E-state index in [2.05, 4.69) is 29.5 Å². The smallest absolute Gasteiger partial charge is 0.123 e. The Labute approximate surface area is 124 Å². The van der Waals surface area contributed by atoms with Crippen molar-refractivity contribution in [3.8, 4) is 0 Å². The Morgan fingerprint density at radius 3 is 2.45 bits per heavy atom. The second-order valence-electron chi connectivity index (χ2n) is 5.66. The SMILES string of the molecule is CNC(Cc1nc(C)cs1)C(C)(C)c1ccc(F)cc1. The van der Waals surface area contributed by atoms with Gasteiger partial charge in [0.2, 0.25) is 0 Å². The van der Waals surface area contributed by atoms with Crippen LogP contribution in [0.3, 0.4) is 0 Å². The maximum atomic E-state index is 13.1. The highest BCUT2D eigenvalue weighted by Crippen LogP contribution is 2.29. The zero-order chi connectivity index (χ0) is 14.8. The molecule has 0 aliphatic heterocycles. The molecule has 0 fully saturated rings. The Morgan fingerprint density at radius 1 is 1.30 bits per heavy atom. The van der Waals surface area contributed by atoms with Crippen LogP contribution in [-0.4, -0.2) is 18.1 Å². The normalized spacial score (nSPS) is 13.4. The van der Waals surface area contributed by atoms with Crippen LogP contribution in [0.25, 0.3) is 0 Å². The van der Waals surface area contributed by atoms with E-state index in [9.17, 15) is 4.39 Å². The fraction of sp³-hybridized carbons (Fsp3) is 0.438. The fourth-order valence-corrected chi connectivity index (χ4v) is 3.29. The van der Waals surface area contributed by atoms with Gasteiger partial charge in [0.05, 0.1) is 5.01 Å². The van der Waals surface area contributed by atoms with Crippen LogP contribution >= 0.6 is 11.3 Å². The van der Waals surface area contributed by atoms with Gasteiger partial charge in [0.25, 0.3) is 0 Å². The minimum Gasteiger partial charge on any atom is -0.316 e. The first-order valence-electron chi connectivity index (χ1n) is 6.78. The molecule has 2 nitrogen and oxygen atoms in total. The number of nitrogens with one attached hydrogen (secondary N) is 1. The molecule has 2 aromatic rings. The van der Waals surface area contributed by atoms with Crippen LogP contribution in [0.5, 0.6) is 0 Å². The minimum atomic E-state index is -0.193. The van der Waals surface area contributed by atoms with Crippen molar-refractivity contribution in [2.45, 2.75) is 38.6 Å². The Morgan fingerprint density at radius 2 is 1.95 bits per heavy atom. The molecule has 1 N–H and O–H groups in total. The first-order valence-corrected chi connectivity index (χ1v) is 7.65. The number of hydrogen-bond acceptors (Lipinski definition) is 3. The number of rotatable bonds is 5. The van der Waals surface area contributed by atoms with Gasteiger partial charge in [-0.05, 0) is 31.7 Å². The van der Waals surface area contributed by atoms with Crippen LogP contribution < -0.4 is 5.32 Å². The number of aromatic nitrogens is 1. The molecule has 0 saturated carbocycles. The molecule has 1 aromatic carbocycles. The standard InChI is InChI=1S/C16H21FN2S/c1-11-10-20-15(19-11)9-14(18-4)16(2,3)12-5-7-13(17)8-6-12/h5-8,10,14,18H,9H2,1-4H3. The van der Waals surface area contributed by atoms with Crippen LogP contribution in [0.2, 0.25) is 0 Å². The number of likely N-dealkylation sites (N-methyl/N-ethyl adjacent to an activating group) is 1. The largest absolute Gasteiger partial charge is 0.316 e. The highest BCUT2D eigenvalue weighted by atomic mass is 32.1. The third-order valence-electron chi connectivity index (χ3n) is 3.85. The van der Waals surface area contributed by atoms with Gasteiger partial charge in [-0.3, -0.25) is 0 Å².